The minimum atomic E-state index is -0.221. The second-order valence-electron chi connectivity index (χ2n) is 6.91. The van der Waals surface area contributed by atoms with E-state index in [4.69, 9.17) is 15.1 Å². The summed E-state index contributed by atoms with van der Waals surface area (Å²) in [5.74, 6) is -0.221. The van der Waals surface area contributed by atoms with Crippen LogP contribution in [0.4, 0.5) is 5.69 Å². The molecule has 5 nitrogen and oxygen atoms in total. The van der Waals surface area contributed by atoms with Crippen LogP contribution in [0.2, 0.25) is 0 Å². The van der Waals surface area contributed by atoms with Crippen molar-refractivity contribution >= 4 is 19.1 Å². The van der Waals surface area contributed by atoms with Gasteiger partial charge in [-0.25, -0.2) is 4.79 Å². The molecule has 0 saturated heterocycles. The van der Waals surface area contributed by atoms with E-state index >= 15 is 0 Å². The Labute approximate surface area is 161 Å². The molecule has 2 aromatic rings. The summed E-state index contributed by atoms with van der Waals surface area (Å²) in [5, 5.41) is 3.59. The maximum absolute atomic E-state index is 12.2. The van der Waals surface area contributed by atoms with Crippen molar-refractivity contribution in [2.24, 2.45) is 5.73 Å². The molecule has 1 saturated carbocycles. The molecule has 1 fully saturated rings. The number of hydrogen-bond donors (Lipinski definition) is 2. The number of nitrogens with one attached hydrogen (secondary N) is 1. The Hall–Kier alpha value is -2.31. The molecular weight excluding hydrogens is 339 g/mol. The van der Waals surface area contributed by atoms with Crippen molar-refractivity contribution in [2.75, 3.05) is 12.0 Å². The maximum atomic E-state index is 12.2. The minimum Gasteiger partial charge on any atom is -0.459 e. The number of benzene rings is 2. The van der Waals surface area contributed by atoms with Crippen LogP contribution >= 0.6 is 0 Å². The zero-order chi connectivity index (χ0) is 18.9. The number of rotatable bonds is 8. The highest BCUT2D eigenvalue weighted by atomic mass is 16.5. The largest absolute Gasteiger partial charge is 0.459 e. The van der Waals surface area contributed by atoms with Gasteiger partial charge in [-0.15, -0.1) is 0 Å². The summed E-state index contributed by atoms with van der Waals surface area (Å²) in [7, 11) is 0.648. The number of ether oxygens (including phenoxy) is 1. The second-order valence-corrected chi connectivity index (χ2v) is 6.91. The first-order valence-corrected chi connectivity index (χ1v) is 9.64. The summed E-state index contributed by atoms with van der Waals surface area (Å²) in [5.41, 5.74) is 8.32. The van der Waals surface area contributed by atoms with Crippen LogP contribution in [-0.2, 0) is 15.7 Å². The highest BCUT2D eigenvalue weighted by Gasteiger charge is 2.24. The van der Waals surface area contributed by atoms with E-state index in [1.54, 1.807) is 12.1 Å². The molecule has 3 rings (SSSR count). The van der Waals surface area contributed by atoms with E-state index < -0.39 is 0 Å². The smallest absolute Gasteiger partial charge is 0.338 e. The second kappa shape index (κ2) is 10.1. The zero-order valence-electron chi connectivity index (χ0n) is 15.6. The Morgan fingerprint density at radius 2 is 1.74 bits per heavy atom. The summed E-state index contributed by atoms with van der Waals surface area (Å²) in [6.07, 6.45) is 4.67. The molecule has 2 aromatic carbocycles. The van der Waals surface area contributed by atoms with Crippen LogP contribution < -0.4 is 11.1 Å². The zero-order valence-corrected chi connectivity index (χ0v) is 15.6. The van der Waals surface area contributed by atoms with Gasteiger partial charge >= 0.3 is 5.97 Å². The van der Waals surface area contributed by atoms with Crippen LogP contribution in [0.5, 0.6) is 0 Å². The first-order chi connectivity index (χ1) is 13.2. The average molecular weight is 366 g/mol. The van der Waals surface area contributed by atoms with Crippen LogP contribution in [0.15, 0.2) is 54.6 Å². The molecule has 3 N–H and O–H groups in total. The summed E-state index contributed by atoms with van der Waals surface area (Å²) < 4.78 is 10.8. The predicted octanol–water partition coefficient (Wildman–Crippen LogP) is 3.05. The van der Waals surface area contributed by atoms with Crippen LogP contribution in [0.3, 0.4) is 0 Å². The lowest BCUT2D eigenvalue weighted by atomic mass is 9.89. The molecule has 27 heavy (non-hydrogen) atoms. The number of hydrogen-bond acceptors (Lipinski definition) is 5. The Morgan fingerprint density at radius 3 is 2.41 bits per heavy atom. The third-order valence-electron chi connectivity index (χ3n) is 4.94. The van der Waals surface area contributed by atoms with E-state index in [1.807, 2.05) is 18.2 Å². The van der Waals surface area contributed by atoms with Crippen molar-refractivity contribution in [3.05, 3.63) is 65.7 Å². The van der Waals surface area contributed by atoms with Gasteiger partial charge in [0.15, 0.2) is 0 Å². The van der Waals surface area contributed by atoms with Crippen LogP contribution in [-0.4, -0.2) is 32.3 Å². The number of carbonyl (C=O) groups excluding carboxylic acids is 1. The van der Waals surface area contributed by atoms with Crippen molar-refractivity contribution in [3.63, 3.8) is 0 Å². The summed E-state index contributed by atoms with van der Waals surface area (Å²) in [6, 6.07) is 18.1. The van der Waals surface area contributed by atoms with Crippen molar-refractivity contribution < 1.29 is 14.2 Å². The van der Waals surface area contributed by atoms with Crippen molar-refractivity contribution in [1.29, 1.82) is 0 Å². The normalized spacial score (nSPS) is 19.3. The van der Waals surface area contributed by atoms with Gasteiger partial charge in [0.1, 0.15) is 6.10 Å². The fourth-order valence-corrected chi connectivity index (χ4v) is 3.40. The molecule has 0 bridgehead atoms. The average Bonchev–Trinajstić information content (AvgIpc) is 2.71. The lowest BCUT2D eigenvalue weighted by molar-refractivity contribution is 0.0202. The lowest BCUT2D eigenvalue weighted by Crippen LogP contribution is -2.31. The minimum absolute atomic E-state index is 0.0145. The Bertz CT molecular complexity index is 701. The highest BCUT2D eigenvalue weighted by Crippen LogP contribution is 2.25. The van der Waals surface area contributed by atoms with E-state index in [9.17, 15) is 4.79 Å². The van der Waals surface area contributed by atoms with Gasteiger partial charge in [-0.3, -0.25) is 0 Å². The predicted molar refractivity (Wildman–Crippen MR) is 109 cm³/mol. The number of nitrogens with two attached hydrogens (primary N) is 1. The lowest BCUT2D eigenvalue weighted by Gasteiger charge is -2.29. The first-order valence-electron chi connectivity index (χ1n) is 9.64. The molecule has 0 atom stereocenters. The molecule has 0 unspecified atom stereocenters. The summed E-state index contributed by atoms with van der Waals surface area (Å²) in [4.78, 5) is 12.2. The van der Waals surface area contributed by atoms with E-state index in [0.29, 0.717) is 19.1 Å². The molecule has 0 heterocycles. The van der Waals surface area contributed by atoms with Gasteiger partial charge in [0, 0.05) is 11.7 Å². The van der Waals surface area contributed by atoms with Crippen LogP contribution in [0.1, 0.15) is 41.6 Å². The number of esters is 1. The Morgan fingerprint density at radius 1 is 1.04 bits per heavy atom. The standard InChI is InChI=1S/C21H27BN2O3/c23-15-26-22-14-16-6-8-18(9-7-16)24-19-10-12-20(13-11-19)27-21(25)17-4-2-1-3-5-17/h1-9,19-20,22,24H,10-15,23H2/t19-,20-. The fourth-order valence-electron chi connectivity index (χ4n) is 3.40. The van der Waals surface area contributed by atoms with Gasteiger partial charge in [-0.1, -0.05) is 35.9 Å². The number of anilines is 1. The van der Waals surface area contributed by atoms with Crippen LogP contribution in [0, 0.1) is 0 Å². The van der Waals surface area contributed by atoms with E-state index in [0.717, 1.165) is 37.7 Å². The van der Waals surface area contributed by atoms with E-state index in [1.165, 1.54) is 5.56 Å². The van der Waals surface area contributed by atoms with Gasteiger partial charge < -0.3 is 20.4 Å². The van der Waals surface area contributed by atoms with Gasteiger partial charge in [0.05, 0.1) is 12.3 Å². The third kappa shape index (κ3) is 6.12. The fraction of sp³-hybridized carbons (Fsp3) is 0.381. The van der Waals surface area contributed by atoms with E-state index in [-0.39, 0.29) is 18.8 Å². The maximum Gasteiger partial charge on any atom is 0.338 e. The SMILES string of the molecule is NCOBCc1ccc(N[C@H]2CC[C@H](OC(=O)c3ccccc3)CC2)cc1. The van der Waals surface area contributed by atoms with Gasteiger partial charge in [-0.2, -0.15) is 0 Å². The molecule has 0 amide bonds. The molecule has 1 aliphatic carbocycles. The topological polar surface area (TPSA) is 73.6 Å². The molecule has 1 aliphatic rings. The first kappa shape index (κ1) is 19.5. The van der Waals surface area contributed by atoms with Crippen LogP contribution in [0.25, 0.3) is 0 Å². The van der Waals surface area contributed by atoms with Gasteiger partial charge in [-0.05, 0) is 56.3 Å². The monoisotopic (exact) mass is 366 g/mol. The molecule has 142 valence electrons. The molecule has 0 radical (unpaired) electrons. The highest BCUT2D eigenvalue weighted by molar-refractivity contribution is 6.26. The number of carbonyl (C=O) groups is 1. The van der Waals surface area contributed by atoms with Gasteiger partial charge in [0.25, 0.3) is 7.48 Å². The molecule has 6 heteroatoms. The van der Waals surface area contributed by atoms with Crippen molar-refractivity contribution in [1.82, 2.24) is 0 Å². The molecule has 0 spiro atoms. The quantitative estimate of drug-likeness (QED) is 0.325. The summed E-state index contributed by atoms with van der Waals surface area (Å²) in [6.45, 7) is 0.267. The third-order valence-corrected chi connectivity index (χ3v) is 4.94. The van der Waals surface area contributed by atoms with Crippen molar-refractivity contribution in [2.45, 2.75) is 44.1 Å². The van der Waals surface area contributed by atoms with Crippen molar-refractivity contribution in [3.8, 4) is 0 Å². The Balaban J connectivity index is 1.41. The van der Waals surface area contributed by atoms with E-state index in [2.05, 4.69) is 29.6 Å². The van der Waals surface area contributed by atoms with Gasteiger partial charge in [0.2, 0.25) is 0 Å². The summed E-state index contributed by atoms with van der Waals surface area (Å²) >= 11 is 0. The molecule has 0 aromatic heterocycles. The molecule has 0 aliphatic heterocycles. The molecular formula is C21H27BN2O3. The Kier molecular flexibility index (Phi) is 7.31.